The van der Waals surface area contributed by atoms with Gasteiger partial charge in [-0.05, 0) is 75.1 Å². The molecule has 2 aliphatic rings. The molecule has 1 fully saturated rings. The molecule has 1 aromatic rings. The fourth-order valence-corrected chi connectivity index (χ4v) is 3.80. The Bertz CT molecular complexity index is 421. The van der Waals surface area contributed by atoms with E-state index in [4.69, 9.17) is 0 Å². The lowest BCUT2D eigenvalue weighted by atomic mass is 9.76. The first-order valence-corrected chi connectivity index (χ1v) is 7.74. The van der Waals surface area contributed by atoms with Crippen LogP contribution in [0.15, 0.2) is 24.3 Å². The van der Waals surface area contributed by atoms with E-state index in [1.807, 2.05) is 0 Å². The maximum Gasteiger partial charge on any atom is 0.112 e. The Hall–Kier alpha value is -0.890. The second-order valence-electron chi connectivity index (χ2n) is 6.25. The highest BCUT2D eigenvalue weighted by molar-refractivity contribution is 5.32. The van der Waals surface area contributed by atoms with Gasteiger partial charge in [0.25, 0.3) is 0 Å². The Morgan fingerprint density at radius 1 is 1.16 bits per heavy atom. The van der Waals surface area contributed by atoms with Crippen molar-refractivity contribution in [2.45, 2.75) is 56.5 Å². The normalized spacial score (nSPS) is 31.5. The summed E-state index contributed by atoms with van der Waals surface area (Å²) < 4.78 is 15.1. The van der Waals surface area contributed by atoms with Crippen LogP contribution in [0.3, 0.4) is 0 Å². The molecule has 3 rings (SSSR count). The van der Waals surface area contributed by atoms with Crippen LogP contribution in [0, 0.1) is 0 Å². The van der Waals surface area contributed by atoms with Crippen LogP contribution in [0.4, 0.5) is 4.39 Å². The van der Waals surface area contributed by atoms with Crippen LogP contribution in [0.5, 0.6) is 0 Å². The molecule has 0 saturated carbocycles. The monoisotopic (exact) mass is 261 g/mol. The van der Waals surface area contributed by atoms with Gasteiger partial charge in [-0.1, -0.05) is 24.3 Å². The van der Waals surface area contributed by atoms with Crippen LogP contribution >= 0.6 is 0 Å². The van der Waals surface area contributed by atoms with Crippen molar-refractivity contribution in [2.75, 3.05) is 13.1 Å². The van der Waals surface area contributed by atoms with Crippen LogP contribution in [0.2, 0.25) is 0 Å². The predicted molar refractivity (Wildman–Crippen MR) is 77.3 cm³/mol. The smallest absolute Gasteiger partial charge is 0.112 e. The molecular formula is C17H24FN. The van der Waals surface area contributed by atoms with Crippen LogP contribution in [0.25, 0.3) is 0 Å². The van der Waals surface area contributed by atoms with Gasteiger partial charge in [0.15, 0.2) is 0 Å². The molecule has 0 spiro atoms. The largest absolute Gasteiger partial charge is 0.317 e. The summed E-state index contributed by atoms with van der Waals surface area (Å²) in [4.78, 5) is 0. The molecular weight excluding hydrogens is 237 g/mol. The molecule has 0 aromatic heterocycles. The number of rotatable bonds is 2. The molecule has 104 valence electrons. The van der Waals surface area contributed by atoms with Crippen LogP contribution < -0.4 is 5.32 Å². The summed E-state index contributed by atoms with van der Waals surface area (Å²) in [6, 6.07) is 8.66. The average molecular weight is 261 g/mol. The summed E-state index contributed by atoms with van der Waals surface area (Å²) >= 11 is 0. The topological polar surface area (TPSA) is 12.0 Å². The SMILES string of the molecule is FC1(CC2CCCc3ccccc32)CCCNCC1. The van der Waals surface area contributed by atoms with Gasteiger partial charge in [-0.2, -0.15) is 0 Å². The number of nitrogens with one attached hydrogen (secondary N) is 1. The van der Waals surface area contributed by atoms with E-state index in [1.165, 1.54) is 24.0 Å². The highest BCUT2D eigenvalue weighted by Crippen LogP contribution is 2.41. The molecule has 2 unspecified atom stereocenters. The molecule has 19 heavy (non-hydrogen) atoms. The Balaban J connectivity index is 1.76. The number of benzene rings is 1. The van der Waals surface area contributed by atoms with Crippen molar-refractivity contribution in [1.29, 1.82) is 0 Å². The predicted octanol–water partition coefficient (Wildman–Crippen LogP) is 3.98. The third-order valence-corrected chi connectivity index (χ3v) is 4.83. The molecule has 1 N–H and O–H groups in total. The third-order valence-electron chi connectivity index (χ3n) is 4.83. The molecule has 0 bridgehead atoms. The summed E-state index contributed by atoms with van der Waals surface area (Å²) in [5.41, 5.74) is 1.93. The van der Waals surface area contributed by atoms with Crippen molar-refractivity contribution < 1.29 is 4.39 Å². The molecule has 1 aliphatic carbocycles. The van der Waals surface area contributed by atoms with Crippen LogP contribution in [-0.4, -0.2) is 18.8 Å². The molecule has 0 amide bonds. The van der Waals surface area contributed by atoms with Crippen molar-refractivity contribution in [1.82, 2.24) is 5.32 Å². The third kappa shape index (κ3) is 3.00. The summed E-state index contributed by atoms with van der Waals surface area (Å²) in [5, 5.41) is 3.32. The second kappa shape index (κ2) is 5.62. The maximum atomic E-state index is 15.1. The van der Waals surface area contributed by atoms with E-state index >= 15 is 4.39 Å². The van der Waals surface area contributed by atoms with E-state index in [0.717, 1.165) is 38.8 Å². The molecule has 2 atom stereocenters. The number of fused-ring (bicyclic) bond motifs is 1. The molecule has 1 aromatic carbocycles. The van der Waals surface area contributed by atoms with Gasteiger partial charge in [-0.25, -0.2) is 4.39 Å². The van der Waals surface area contributed by atoms with Crippen LogP contribution in [0.1, 0.15) is 55.6 Å². The van der Waals surface area contributed by atoms with Crippen molar-refractivity contribution in [3.63, 3.8) is 0 Å². The first-order valence-electron chi connectivity index (χ1n) is 7.74. The Labute approximate surface area is 115 Å². The fourth-order valence-electron chi connectivity index (χ4n) is 3.80. The van der Waals surface area contributed by atoms with E-state index in [2.05, 4.69) is 29.6 Å². The highest BCUT2D eigenvalue weighted by atomic mass is 19.1. The van der Waals surface area contributed by atoms with E-state index < -0.39 is 5.67 Å². The summed E-state index contributed by atoms with van der Waals surface area (Å²) in [7, 11) is 0. The average Bonchev–Trinajstić information content (AvgIpc) is 2.64. The molecule has 2 heteroatoms. The van der Waals surface area contributed by atoms with Gasteiger partial charge < -0.3 is 5.32 Å². The molecule has 1 aliphatic heterocycles. The summed E-state index contributed by atoms with van der Waals surface area (Å²) in [5.74, 6) is 0.438. The first-order chi connectivity index (χ1) is 9.27. The Kier molecular flexibility index (Phi) is 3.88. The van der Waals surface area contributed by atoms with Gasteiger partial charge in [0.2, 0.25) is 0 Å². The van der Waals surface area contributed by atoms with Gasteiger partial charge >= 0.3 is 0 Å². The molecule has 0 radical (unpaired) electrons. The van der Waals surface area contributed by atoms with Gasteiger partial charge in [0.1, 0.15) is 5.67 Å². The van der Waals surface area contributed by atoms with E-state index in [-0.39, 0.29) is 0 Å². The quantitative estimate of drug-likeness (QED) is 0.849. The number of hydrogen-bond donors (Lipinski definition) is 1. The fraction of sp³-hybridized carbons (Fsp3) is 0.647. The zero-order valence-corrected chi connectivity index (χ0v) is 11.6. The Morgan fingerprint density at radius 2 is 2.05 bits per heavy atom. The number of alkyl halides is 1. The number of hydrogen-bond acceptors (Lipinski definition) is 1. The number of aryl methyl sites for hydroxylation is 1. The highest BCUT2D eigenvalue weighted by Gasteiger charge is 2.35. The van der Waals surface area contributed by atoms with Crippen molar-refractivity contribution >= 4 is 0 Å². The first kappa shape index (κ1) is 13.1. The van der Waals surface area contributed by atoms with Crippen LogP contribution in [-0.2, 0) is 6.42 Å². The molecule has 1 nitrogen and oxygen atoms in total. The van der Waals surface area contributed by atoms with Crippen molar-refractivity contribution in [3.8, 4) is 0 Å². The summed E-state index contributed by atoms with van der Waals surface area (Å²) in [6.07, 6.45) is 6.68. The minimum absolute atomic E-state index is 0.438. The lowest BCUT2D eigenvalue weighted by Gasteiger charge is -2.32. The minimum Gasteiger partial charge on any atom is -0.317 e. The zero-order chi connectivity index (χ0) is 13.1. The van der Waals surface area contributed by atoms with Gasteiger partial charge in [-0.3, -0.25) is 0 Å². The molecule has 1 saturated heterocycles. The summed E-state index contributed by atoms with van der Waals surface area (Å²) in [6.45, 7) is 1.82. The van der Waals surface area contributed by atoms with E-state index in [1.54, 1.807) is 0 Å². The van der Waals surface area contributed by atoms with E-state index in [0.29, 0.717) is 12.3 Å². The molecule has 1 heterocycles. The minimum atomic E-state index is -0.946. The second-order valence-corrected chi connectivity index (χ2v) is 6.25. The zero-order valence-electron chi connectivity index (χ0n) is 11.6. The van der Waals surface area contributed by atoms with Gasteiger partial charge in [0, 0.05) is 0 Å². The lowest BCUT2D eigenvalue weighted by Crippen LogP contribution is -2.28. The van der Waals surface area contributed by atoms with Gasteiger partial charge in [0.05, 0.1) is 0 Å². The van der Waals surface area contributed by atoms with Crippen molar-refractivity contribution in [2.24, 2.45) is 0 Å². The lowest BCUT2D eigenvalue weighted by molar-refractivity contribution is 0.117. The Morgan fingerprint density at radius 3 is 3.00 bits per heavy atom. The number of halogens is 1. The van der Waals surface area contributed by atoms with Crippen molar-refractivity contribution in [3.05, 3.63) is 35.4 Å². The maximum absolute atomic E-state index is 15.1. The van der Waals surface area contributed by atoms with E-state index in [9.17, 15) is 0 Å². The standard InChI is InChI=1S/C17H24FN/c18-17(9-4-11-19-12-10-17)13-15-7-3-6-14-5-1-2-8-16(14)15/h1-2,5,8,15,19H,3-4,6-7,9-13H2. The van der Waals surface area contributed by atoms with Gasteiger partial charge in [-0.15, -0.1) is 0 Å².